The van der Waals surface area contributed by atoms with Crippen molar-refractivity contribution in [3.05, 3.63) is 37.0 Å². The molecule has 2 rings (SSSR count). The average Bonchev–Trinajstić information content (AvgIpc) is 2.99. The molecule has 106 valence electrons. The second-order valence-corrected chi connectivity index (χ2v) is 5.06. The van der Waals surface area contributed by atoms with E-state index in [9.17, 15) is 4.79 Å². The summed E-state index contributed by atoms with van der Waals surface area (Å²) in [6.45, 7) is 7.76. The van der Waals surface area contributed by atoms with E-state index in [0.29, 0.717) is 12.6 Å². The molecule has 1 saturated carbocycles. The molecule has 2 aliphatic rings. The summed E-state index contributed by atoms with van der Waals surface area (Å²) in [5.41, 5.74) is 1.05. The van der Waals surface area contributed by atoms with Crippen molar-refractivity contribution in [3.63, 3.8) is 0 Å². The highest BCUT2D eigenvalue weighted by molar-refractivity contribution is 5.58. The molecule has 2 fully saturated rings. The number of ether oxygens (including phenoxy) is 1. The summed E-state index contributed by atoms with van der Waals surface area (Å²) in [5, 5.41) is 3.33. The molecule has 3 unspecified atom stereocenters. The highest BCUT2D eigenvalue weighted by Gasteiger charge is 2.36. The molecule has 1 aliphatic carbocycles. The monoisotopic (exact) mass is 263 g/mol. The fourth-order valence-electron chi connectivity index (χ4n) is 2.80. The Kier molecular flexibility index (Phi) is 7.38. The topological polar surface area (TPSA) is 38.3 Å². The molecule has 1 saturated heterocycles. The van der Waals surface area contributed by atoms with Crippen LogP contribution in [-0.2, 0) is 9.53 Å². The number of hydrogen-bond acceptors (Lipinski definition) is 3. The van der Waals surface area contributed by atoms with Gasteiger partial charge in [-0.25, -0.2) is 0 Å². The van der Waals surface area contributed by atoms with Crippen LogP contribution in [0.3, 0.4) is 0 Å². The van der Waals surface area contributed by atoms with Gasteiger partial charge in [-0.2, -0.15) is 0 Å². The second-order valence-electron chi connectivity index (χ2n) is 5.06. The Balaban J connectivity index is 0.000000192. The largest absolute Gasteiger partial charge is 0.380 e. The van der Waals surface area contributed by atoms with Gasteiger partial charge in [0.05, 0.1) is 12.6 Å². The van der Waals surface area contributed by atoms with Crippen molar-refractivity contribution in [2.45, 2.75) is 37.8 Å². The minimum atomic E-state index is 0.176. The summed E-state index contributed by atoms with van der Waals surface area (Å²) in [6.07, 6.45) is 11.5. The molecular weight excluding hydrogens is 238 g/mol. The summed E-state index contributed by atoms with van der Waals surface area (Å²) < 4.78 is 4.86. The molecule has 0 amide bonds. The van der Waals surface area contributed by atoms with Crippen LogP contribution in [0.1, 0.15) is 25.7 Å². The van der Waals surface area contributed by atoms with Gasteiger partial charge in [-0.3, -0.25) is 0 Å². The zero-order valence-corrected chi connectivity index (χ0v) is 11.8. The van der Waals surface area contributed by atoms with Crippen LogP contribution in [0.5, 0.6) is 0 Å². The van der Waals surface area contributed by atoms with E-state index in [4.69, 9.17) is 4.74 Å². The molecule has 0 aromatic carbocycles. The average molecular weight is 263 g/mol. The van der Waals surface area contributed by atoms with Crippen molar-refractivity contribution in [1.82, 2.24) is 5.32 Å². The SMILES string of the molecule is C=C/C=C(\C=C)COC.O=CC1CC2CCCC2N1. The molecule has 1 heterocycles. The van der Waals surface area contributed by atoms with E-state index in [-0.39, 0.29) is 6.04 Å². The van der Waals surface area contributed by atoms with Crippen molar-refractivity contribution in [3.8, 4) is 0 Å². The second kappa shape index (κ2) is 8.83. The van der Waals surface area contributed by atoms with E-state index in [0.717, 1.165) is 24.2 Å². The fourth-order valence-corrected chi connectivity index (χ4v) is 2.80. The molecule has 1 N–H and O–H groups in total. The standard InChI is InChI=1S/C8H13NO.C8H12O/c10-5-7-4-6-2-1-3-8(6)9-7;1-4-6-8(5-2)7-9-3/h5-9H,1-4H2;4-6H,1-2,7H2,3H3/b;8-6+. The number of rotatable bonds is 5. The van der Waals surface area contributed by atoms with Gasteiger partial charge in [0.15, 0.2) is 0 Å². The first-order valence-electron chi connectivity index (χ1n) is 6.89. The third-order valence-corrected chi connectivity index (χ3v) is 3.71. The van der Waals surface area contributed by atoms with Gasteiger partial charge in [0.1, 0.15) is 6.29 Å². The normalized spacial score (nSPS) is 29.1. The number of carbonyl (C=O) groups excluding carboxylic acids is 1. The first-order valence-corrected chi connectivity index (χ1v) is 6.89. The lowest BCUT2D eigenvalue weighted by Crippen LogP contribution is -2.29. The van der Waals surface area contributed by atoms with Gasteiger partial charge in [0.25, 0.3) is 0 Å². The smallest absolute Gasteiger partial charge is 0.136 e. The Morgan fingerprint density at radius 2 is 2.21 bits per heavy atom. The van der Waals surface area contributed by atoms with Gasteiger partial charge in [-0.05, 0) is 30.8 Å². The Morgan fingerprint density at radius 3 is 2.74 bits per heavy atom. The van der Waals surface area contributed by atoms with Crippen molar-refractivity contribution in [1.29, 1.82) is 0 Å². The van der Waals surface area contributed by atoms with Crippen LogP contribution >= 0.6 is 0 Å². The van der Waals surface area contributed by atoms with E-state index < -0.39 is 0 Å². The fraction of sp³-hybridized carbons (Fsp3) is 0.562. The number of nitrogens with one attached hydrogen (secondary N) is 1. The van der Waals surface area contributed by atoms with E-state index in [2.05, 4.69) is 18.5 Å². The molecule has 3 heteroatoms. The van der Waals surface area contributed by atoms with Crippen LogP contribution in [0.2, 0.25) is 0 Å². The number of aldehydes is 1. The van der Waals surface area contributed by atoms with Crippen molar-refractivity contribution < 1.29 is 9.53 Å². The molecule has 0 bridgehead atoms. The van der Waals surface area contributed by atoms with Crippen LogP contribution < -0.4 is 5.32 Å². The van der Waals surface area contributed by atoms with Gasteiger partial charge >= 0.3 is 0 Å². The van der Waals surface area contributed by atoms with Crippen LogP contribution in [0, 0.1) is 5.92 Å². The van der Waals surface area contributed by atoms with Crippen molar-refractivity contribution in [2.75, 3.05) is 13.7 Å². The maximum atomic E-state index is 10.4. The summed E-state index contributed by atoms with van der Waals surface area (Å²) in [4.78, 5) is 10.4. The van der Waals surface area contributed by atoms with Crippen LogP contribution in [0.4, 0.5) is 0 Å². The summed E-state index contributed by atoms with van der Waals surface area (Å²) in [7, 11) is 1.65. The predicted octanol–water partition coefficient (Wildman–Crippen LogP) is 2.65. The first kappa shape index (κ1) is 15.9. The van der Waals surface area contributed by atoms with Crippen molar-refractivity contribution in [2.24, 2.45) is 5.92 Å². The number of fused-ring (bicyclic) bond motifs is 1. The zero-order chi connectivity index (χ0) is 14.1. The van der Waals surface area contributed by atoms with Gasteiger partial charge in [-0.15, -0.1) is 0 Å². The number of allylic oxidation sites excluding steroid dienone is 2. The summed E-state index contributed by atoms with van der Waals surface area (Å²) in [5.74, 6) is 0.815. The third kappa shape index (κ3) is 5.13. The number of carbonyl (C=O) groups is 1. The van der Waals surface area contributed by atoms with E-state index in [1.165, 1.54) is 19.3 Å². The Hall–Kier alpha value is -1.19. The van der Waals surface area contributed by atoms with E-state index in [1.807, 2.05) is 6.08 Å². The van der Waals surface area contributed by atoms with E-state index >= 15 is 0 Å². The minimum absolute atomic E-state index is 0.176. The Bertz CT molecular complexity index is 324. The molecule has 19 heavy (non-hydrogen) atoms. The quantitative estimate of drug-likeness (QED) is 0.612. The highest BCUT2D eigenvalue weighted by Crippen LogP contribution is 2.33. The molecule has 0 radical (unpaired) electrons. The summed E-state index contributed by atoms with van der Waals surface area (Å²) in [6, 6.07) is 0.852. The van der Waals surface area contributed by atoms with Crippen LogP contribution in [-0.4, -0.2) is 32.1 Å². The maximum absolute atomic E-state index is 10.4. The lowest BCUT2D eigenvalue weighted by molar-refractivity contribution is -0.109. The van der Waals surface area contributed by atoms with Crippen molar-refractivity contribution >= 4 is 6.29 Å². The zero-order valence-electron chi connectivity index (χ0n) is 11.8. The third-order valence-electron chi connectivity index (χ3n) is 3.71. The van der Waals surface area contributed by atoms with Gasteiger partial charge in [0.2, 0.25) is 0 Å². The number of hydrogen-bond donors (Lipinski definition) is 1. The van der Waals surface area contributed by atoms with Gasteiger partial charge in [-0.1, -0.05) is 37.8 Å². The van der Waals surface area contributed by atoms with Crippen LogP contribution in [0.15, 0.2) is 37.0 Å². The number of methoxy groups -OCH3 is 1. The lowest BCUT2D eigenvalue weighted by atomic mass is 10.0. The van der Waals surface area contributed by atoms with Gasteiger partial charge in [0, 0.05) is 13.2 Å². The minimum Gasteiger partial charge on any atom is -0.380 e. The van der Waals surface area contributed by atoms with Gasteiger partial charge < -0.3 is 14.8 Å². The molecule has 1 aliphatic heterocycles. The Morgan fingerprint density at radius 1 is 1.42 bits per heavy atom. The molecular formula is C16H25NO2. The van der Waals surface area contributed by atoms with E-state index in [1.54, 1.807) is 19.3 Å². The molecule has 0 aromatic rings. The highest BCUT2D eigenvalue weighted by atomic mass is 16.5. The Labute approximate surface area is 116 Å². The molecule has 3 atom stereocenters. The summed E-state index contributed by atoms with van der Waals surface area (Å²) >= 11 is 0. The van der Waals surface area contributed by atoms with Crippen LogP contribution in [0.25, 0.3) is 0 Å². The molecule has 3 nitrogen and oxygen atoms in total. The predicted molar refractivity (Wildman–Crippen MR) is 79.1 cm³/mol. The first-order chi connectivity index (χ1) is 9.24. The maximum Gasteiger partial charge on any atom is 0.136 e. The lowest BCUT2D eigenvalue weighted by Gasteiger charge is -2.06. The molecule has 0 spiro atoms. The molecule has 0 aromatic heterocycles.